The van der Waals surface area contributed by atoms with Crippen molar-refractivity contribution in [1.29, 1.82) is 0 Å². The Hall–Kier alpha value is -1.85. The van der Waals surface area contributed by atoms with Crippen LogP contribution in [0.1, 0.15) is 29.2 Å². The Morgan fingerprint density at radius 2 is 1.82 bits per heavy atom. The minimum atomic E-state index is 0. The Balaban J connectivity index is 0.00000176. The molecule has 118 valence electrons. The number of hydrogen-bond acceptors (Lipinski definition) is 5. The van der Waals surface area contributed by atoms with Gasteiger partial charge in [0.2, 0.25) is 0 Å². The van der Waals surface area contributed by atoms with Crippen molar-refractivity contribution in [3.8, 4) is 11.5 Å². The molecule has 1 aromatic heterocycles. The summed E-state index contributed by atoms with van der Waals surface area (Å²) in [4.78, 5) is 9.12. The van der Waals surface area contributed by atoms with Gasteiger partial charge in [0.1, 0.15) is 18.1 Å². The molecule has 0 bridgehead atoms. The molecule has 0 saturated heterocycles. The second-order valence-corrected chi connectivity index (χ2v) is 5.03. The summed E-state index contributed by atoms with van der Waals surface area (Å²) in [5, 5.41) is 0. The van der Waals surface area contributed by atoms with Gasteiger partial charge in [-0.2, -0.15) is 0 Å². The molecule has 0 fully saturated rings. The van der Waals surface area contributed by atoms with Crippen molar-refractivity contribution in [3.63, 3.8) is 0 Å². The molecule has 5 nitrogen and oxygen atoms in total. The van der Waals surface area contributed by atoms with E-state index in [1.54, 1.807) is 7.11 Å². The van der Waals surface area contributed by atoms with Crippen molar-refractivity contribution < 1.29 is 9.47 Å². The third kappa shape index (κ3) is 3.48. The van der Waals surface area contributed by atoms with E-state index in [9.17, 15) is 0 Å². The third-order valence-electron chi connectivity index (χ3n) is 3.69. The van der Waals surface area contributed by atoms with Crippen molar-refractivity contribution in [2.45, 2.75) is 32.4 Å². The summed E-state index contributed by atoms with van der Waals surface area (Å²) in [6, 6.07) is 7.47. The van der Waals surface area contributed by atoms with E-state index in [2.05, 4.69) is 9.97 Å². The molecule has 0 saturated carbocycles. The molecule has 2 N–H and O–H groups in total. The second kappa shape index (κ2) is 7.42. The molecule has 1 aromatic carbocycles. The first-order valence-electron chi connectivity index (χ1n) is 7.14. The lowest BCUT2D eigenvalue weighted by Gasteiger charge is -2.10. The van der Waals surface area contributed by atoms with Gasteiger partial charge in [-0.05, 0) is 49.1 Å². The smallest absolute Gasteiger partial charge is 0.166 e. The van der Waals surface area contributed by atoms with Gasteiger partial charge in [-0.15, -0.1) is 12.4 Å². The van der Waals surface area contributed by atoms with Gasteiger partial charge in [-0.1, -0.05) is 0 Å². The maximum Gasteiger partial charge on any atom is 0.166 e. The maximum atomic E-state index is 5.79. The van der Waals surface area contributed by atoms with Gasteiger partial charge in [0, 0.05) is 12.2 Å². The molecule has 0 atom stereocenters. The predicted molar refractivity (Wildman–Crippen MR) is 86.5 cm³/mol. The van der Waals surface area contributed by atoms with Crippen LogP contribution in [0.15, 0.2) is 24.3 Å². The summed E-state index contributed by atoms with van der Waals surface area (Å²) >= 11 is 0. The van der Waals surface area contributed by atoms with E-state index in [0.717, 1.165) is 42.1 Å². The highest BCUT2D eigenvalue weighted by atomic mass is 35.5. The Labute approximate surface area is 136 Å². The lowest BCUT2D eigenvalue weighted by Crippen LogP contribution is -2.11. The van der Waals surface area contributed by atoms with Crippen molar-refractivity contribution >= 4 is 12.4 Å². The van der Waals surface area contributed by atoms with Crippen LogP contribution >= 0.6 is 12.4 Å². The molecule has 0 spiro atoms. The Morgan fingerprint density at radius 1 is 1.09 bits per heavy atom. The molecular weight excluding hydrogens is 302 g/mol. The fraction of sp³-hybridized carbons (Fsp3) is 0.375. The van der Waals surface area contributed by atoms with Crippen LogP contribution in [0.25, 0.3) is 0 Å². The van der Waals surface area contributed by atoms with Crippen LogP contribution in [0.3, 0.4) is 0 Å². The number of aromatic nitrogens is 2. The summed E-state index contributed by atoms with van der Waals surface area (Å²) in [6.45, 7) is 0.812. The van der Waals surface area contributed by atoms with Crippen LogP contribution in [0, 0.1) is 0 Å². The highest BCUT2D eigenvalue weighted by Gasteiger charge is 2.18. The van der Waals surface area contributed by atoms with Gasteiger partial charge < -0.3 is 15.2 Å². The number of fused-ring (bicyclic) bond motifs is 1. The predicted octanol–water partition coefficient (Wildman–Crippen LogP) is 2.43. The molecule has 2 aromatic rings. The minimum Gasteiger partial charge on any atom is -0.497 e. The molecule has 1 aliphatic carbocycles. The maximum absolute atomic E-state index is 5.79. The van der Waals surface area contributed by atoms with Crippen molar-refractivity contribution in [1.82, 2.24) is 9.97 Å². The van der Waals surface area contributed by atoms with Gasteiger partial charge in [0.25, 0.3) is 0 Å². The number of methoxy groups -OCH3 is 1. The van der Waals surface area contributed by atoms with Crippen LogP contribution < -0.4 is 15.2 Å². The van der Waals surface area contributed by atoms with Crippen LogP contribution in [-0.4, -0.2) is 17.1 Å². The molecule has 0 amide bonds. The summed E-state index contributed by atoms with van der Waals surface area (Å²) in [6.07, 6.45) is 3.20. The van der Waals surface area contributed by atoms with E-state index < -0.39 is 0 Å². The number of halogens is 1. The number of rotatable bonds is 5. The van der Waals surface area contributed by atoms with Crippen LogP contribution in [0.2, 0.25) is 0 Å². The molecule has 3 rings (SSSR count). The standard InChI is InChI=1S/C16H19N3O2.ClH/c1-20-11-5-7-12(8-6-11)21-10-16-18-14-4-2-3-13(14)15(9-17)19-16;/h5-8H,2-4,9-10,17H2,1H3;1H. The molecule has 0 aliphatic heterocycles. The van der Waals surface area contributed by atoms with Gasteiger partial charge in [0.05, 0.1) is 12.8 Å². The highest BCUT2D eigenvalue weighted by molar-refractivity contribution is 5.85. The zero-order chi connectivity index (χ0) is 14.7. The first-order chi connectivity index (χ1) is 10.3. The SMILES string of the molecule is COc1ccc(OCc2nc(CN)c3c(n2)CCC3)cc1.Cl. The number of nitrogens with two attached hydrogens (primary N) is 1. The monoisotopic (exact) mass is 321 g/mol. The molecule has 0 radical (unpaired) electrons. The van der Waals surface area contributed by atoms with Gasteiger partial charge in [0.15, 0.2) is 5.82 Å². The van der Waals surface area contributed by atoms with E-state index in [1.165, 1.54) is 5.56 Å². The van der Waals surface area contributed by atoms with Crippen molar-refractivity contribution in [2.75, 3.05) is 7.11 Å². The summed E-state index contributed by atoms with van der Waals surface area (Å²) in [7, 11) is 1.64. The molecule has 0 unspecified atom stereocenters. The first kappa shape index (κ1) is 16.5. The molecule has 1 heterocycles. The zero-order valence-electron chi connectivity index (χ0n) is 12.5. The Kier molecular flexibility index (Phi) is 5.57. The highest BCUT2D eigenvalue weighted by Crippen LogP contribution is 2.23. The van der Waals surface area contributed by atoms with Gasteiger partial charge >= 0.3 is 0 Å². The van der Waals surface area contributed by atoms with E-state index in [0.29, 0.717) is 19.0 Å². The fourth-order valence-electron chi connectivity index (χ4n) is 2.62. The van der Waals surface area contributed by atoms with E-state index in [-0.39, 0.29) is 12.4 Å². The lowest BCUT2D eigenvalue weighted by atomic mass is 10.2. The fourth-order valence-corrected chi connectivity index (χ4v) is 2.62. The average Bonchev–Trinajstić information content (AvgIpc) is 3.01. The van der Waals surface area contributed by atoms with Gasteiger partial charge in [-0.3, -0.25) is 0 Å². The Morgan fingerprint density at radius 3 is 2.50 bits per heavy atom. The number of ether oxygens (including phenoxy) is 2. The zero-order valence-corrected chi connectivity index (χ0v) is 13.4. The normalized spacial score (nSPS) is 12.5. The molecule has 6 heteroatoms. The summed E-state index contributed by atoms with van der Waals surface area (Å²) < 4.78 is 10.8. The van der Waals surface area contributed by atoms with Crippen LogP contribution in [0.4, 0.5) is 0 Å². The average molecular weight is 322 g/mol. The van der Waals surface area contributed by atoms with Crippen LogP contribution in [0.5, 0.6) is 11.5 Å². The van der Waals surface area contributed by atoms with Crippen LogP contribution in [-0.2, 0) is 26.0 Å². The van der Waals surface area contributed by atoms with Crippen molar-refractivity contribution in [3.05, 3.63) is 47.0 Å². The number of benzene rings is 1. The minimum absolute atomic E-state index is 0. The Bertz CT molecular complexity index is 632. The molecule has 1 aliphatic rings. The quantitative estimate of drug-likeness (QED) is 0.916. The second-order valence-electron chi connectivity index (χ2n) is 5.03. The van der Waals surface area contributed by atoms with Crippen molar-refractivity contribution in [2.24, 2.45) is 5.73 Å². The van der Waals surface area contributed by atoms with E-state index >= 15 is 0 Å². The van der Waals surface area contributed by atoms with E-state index in [4.69, 9.17) is 15.2 Å². The summed E-state index contributed by atoms with van der Waals surface area (Å²) in [5.74, 6) is 2.28. The molecule has 22 heavy (non-hydrogen) atoms. The topological polar surface area (TPSA) is 70.3 Å². The summed E-state index contributed by atoms with van der Waals surface area (Å²) in [5.41, 5.74) is 9.13. The largest absolute Gasteiger partial charge is 0.497 e. The van der Waals surface area contributed by atoms with Gasteiger partial charge in [-0.25, -0.2) is 9.97 Å². The third-order valence-corrected chi connectivity index (χ3v) is 3.69. The van der Waals surface area contributed by atoms with E-state index in [1.807, 2.05) is 24.3 Å². The molecular formula is C16H20ClN3O2. The number of nitrogens with zero attached hydrogens (tertiary/aromatic N) is 2. The number of hydrogen-bond donors (Lipinski definition) is 1. The number of aryl methyl sites for hydroxylation is 1. The lowest BCUT2D eigenvalue weighted by molar-refractivity contribution is 0.294. The first-order valence-corrected chi connectivity index (χ1v) is 7.14.